The number of unbranched alkanes of at least 4 members (excludes halogenated alkanes) is 1. The predicted molar refractivity (Wildman–Crippen MR) is 87.5 cm³/mol. The maximum Gasteiger partial charge on any atom is 0.161 e. The Kier molecular flexibility index (Phi) is 8.85. The van der Waals surface area contributed by atoms with E-state index in [0.717, 1.165) is 16.8 Å². The Labute approximate surface area is 120 Å². The minimum Gasteiger partial charge on any atom is -0.326 e. The Morgan fingerprint density at radius 3 is 2.44 bits per heavy atom. The first-order valence-corrected chi connectivity index (χ1v) is 7.63. The molecule has 4 heteroatoms. The Morgan fingerprint density at radius 1 is 1.44 bits per heavy atom. The van der Waals surface area contributed by atoms with Crippen LogP contribution in [0, 0.1) is 10.9 Å². The average Bonchev–Trinajstić information content (AvgIpc) is 2.62. The first-order chi connectivity index (χ1) is 8.61. The topological polar surface area (TPSA) is 17.3 Å². The van der Waals surface area contributed by atoms with Crippen molar-refractivity contribution in [2.75, 3.05) is 7.05 Å². The molecule has 0 aromatic carbocycles. The quantitative estimate of drug-likeness (QED) is 0.559. The monoisotopic (exact) mass is 284 g/mol. The van der Waals surface area contributed by atoms with Crippen LogP contribution >= 0.6 is 23.6 Å². The molecule has 0 unspecified atom stereocenters. The van der Waals surface area contributed by atoms with Crippen molar-refractivity contribution in [1.29, 1.82) is 0 Å². The highest BCUT2D eigenvalue weighted by molar-refractivity contribution is 7.73. The van der Waals surface area contributed by atoms with E-state index in [1.165, 1.54) is 16.1 Å². The minimum atomic E-state index is 0.916. The highest BCUT2D eigenvalue weighted by Crippen LogP contribution is 2.24. The van der Waals surface area contributed by atoms with E-state index in [9.17, 15) is 0 Å². The maximum atomic E-state index is 5.29. The summed E-state index contributed by atoms with van der Waals surface area (Å²) in [6.07, 6.45) is 6.37. The van der Waals surface area contributed by atoms with E-state index in [1.807, 2.05) is 27.1 Å². The van der Waals surface area contributed by atoms with Crippen molar-refractivity contribution >= 4 is 35.3 Å². The zero-order valence-corrected chi connectivity index (χ0v) is 13.9. The van der Waals surface area contributed by atoms with Crippen LogP contribution in [0.3, 0.4) is 0 Å². The maximum absolute atomic E-state index is 5.29. The summed E-state index contributed by atoms with van der Waals surface area (Å²) < 4.78 is 2.98. The molecule has 0 spiro atoms. The van der Waals surface area contributed by atoms with Gasteiger partial charge in [0.05, 0.1) is 5.69 Å². The van der Waals surface area contributed by atoms with E-state index in [-0.39, 0.29) is 0 Å². The first-order valence-electron chi connectivity index (χ1n) is 6.40. The predicted octanol–water partition coefficient (Wildman–Crippen LogP) is 5.03. The van der Waals surface area contributed by atoms with Gasteiger partial charge in [0.15, 0.2) is 3.95 Å². The van der Waals surface area contributed by atoms with Crippen molar-refractivity contribution in [3.05, 3.63) is 20.6 Å². The summed E-state index contributed by atoms with van der Waals surface area (Å²) in [4.78, 5) is 5.38. The van der Waals surface area contributed by atoms with Crippen LogP contribution in [0.1, 0.15) is 44.2 Å². The van der Waals surface area contributed by atoms with Crippen LogP contribution in [-0.4, -0.2) is 17.8 Å². The number of allylic oxidation sites excluding steroid dienone is 2. The Hall–Kier alpha value is -0.740. The van der Waals surface area contributed by atoms with Gasteiger partial charge in [0.25, 0.3) is 0 Å². The molecule has 1 rings (SSSR count). The number of thiazole rings is 1. The molecule has 1 heterocycles. The SMILES string of the molecule is CC.CCC/C=C(\C=NC)c1c(C)sc(=S)n1C. The number of aromatic nitrogens is 1. The molecule has 0 radical (unpaired) electrons. The van der Waals surface area contributed by atoms with Crippen LogP contribution in [-0.2, 0) is 7.05 Å². The van der Waals surface area contributed by atoms with E-state index >= 15 is 0 Å². The standard InChI is InChI=1S/C12H18N2S2.C2H6/c1-5-6-7-10(8-13-3)11-9(2)16-12(15)14(11)4;1-2/h7-8H,5-6H2,1-4H3;1-2H3/b10-7+,13-8?;. The van der Waals surface area contributed by atoms with Gasteiger partial charge in [-0.2, -0.15) is 0 Å². The second kappa shape index (κ2) is 9.22. The van der Waals surface area contributed by atoms with Crippen LogP contribution in [0.15, 0.2) is 11.1 Å². The fourth-order valence-corrected chi connectivity index (χ4v) is 2.93. The minimum absolute atomic E-state index is 0.916. The molecule has 2 nitrogen and oxygen atoms in total. The summed E-state index contributed by atoms with van der Waals surface area (Å²) in [5, 5.41) is 0. The van der Waals surface area contributed by atoms with Gasteiger partial charge < -0.3 is 4.57 Å². The number of aliphatic imine (C=N–C) groups is 1. The number of hydrogen-bond donors (Lipinski definition) is 0. The molecule has 0 saturated heterocycles. The summed E-state index contributed by atoms with van der Waals surface area (Å²) in [7, 11) is 3.82. The van der Waals surface area contributed by atoms with Crippen molar-refractivity contribution in [3.8, 4) is 0 Å². The van der Waals surface area contributed by atoms with Crippen LogP contribution in [0.4, 0.5) is 0 Å². The zero-order valence-electron chi connectivity index (χ0n) is 12.3. The number of hydrogen-bond acceptors (Lipinski definition) is 3. The summed E-state index contributed by atoms with van der Waals surface area (Å²) in [5.41, 5.74) is 2.38. The van der Waals surface area contributed by atoms with Gasteiger partial charge in [-0.05, 0) is 25.6 Å². The summed E-state index contributed by atoms with van der Waals surface area (Å²) >= 11 is 6.95. The molecule has 1 aromatic rings. The van der Waals surface area contributed by atoms with E-state index in [2.05, 4.69) is 29.5 Å². The summed E-state index contributed by atoms with van der Waals surface area (Å²) in [6.45, 7) is 8.29. The third-order valence-electron chi connectivity index (χ3n) is 2.38. The summed E-state index contributed by atoms with van der Waals surface area (Å²) in [6, 6.07) is 0. The highest BCUT2D eigenvalue weighted by Gasteiger charge is 2.09. The Bertz CT molecular complexity index is 465. The summed E-state index contributed by atoms with van der Waals surface area (Å²) in [5.74, 6) is 0. The molecular formula is C14H24N2S2. The fraction of sp³-hybridized carbons (Fsp3) is 0.571. The van der Waals surface area contributed by atoms with Crippen molar-refractivity contribution in [2.24, 2.45) is 12.0 Å². The highest BCUT2D eigenvalue weighted by atomic mass is 32.1. The average molecular weight is 284 g/mol. The molecular weight excluding hydrogens is 260 g/mol. The van der Waals surface area contributed by atoms with Gasteiger partial charge in [-0.25, -0.2) is 0 Å². The van der Waals surface area contributed by atoms with Crippen LogP contribution in [0.25, 0.3) is 5.57 Å². The van der Waals surface area contributed by atoms with Gasteiger partial charge in [-0.15, -0.1) is 11.3 Å². The second-order valence-corrected chi connectivity index (χ2v) is 5.52. The molecule has 0 amide bonds. The van der Waals surface area contributed by atoms with Crippen molar-refractivity contribution < 1.29 is 0 Å². The molecule has 0 bridgehead atoms. The van der Waals surface area contributed by atoms with E-state index in [1.54, 1.807) is 18.4 Å². The third kappa shape index (κ3) is 4.50. The Balaban J connectivity index is 0.00000137. The fourth-order valence-electron chi connectivity index (χ4n) is 1.62. The molecule has 0 aliphatic carbocycles. The van der Waals surface area contributed by atoms with Crippen molar-refractivity contribution in [3.63, 3.8) is 0 Å². The lowest BCUT2D eigenvalue weighted by Gasteiger charge is -2.05. The number of nitrogens with zero attached hydrogens (tertiary/aromatic N) is 2. The number of rotatable bonds is 4. The largest absolute Gasteiger partial charge is 0.326 e. The van der Waals surface area contributed by atoms with Crippen molar-refractivity contribution in [1.82, 2.24) is 4.57 Å². The van der Waals surface area contributed by atoms with E-state index in [0.29, 0.717) is 0 Å². The normalized spacial score (nSPS) is 11.6. The third-order valence-corrected chi connectivity index (χ3v) is 3.85. The van der Waals surface area contributed by atoms with Crippen LogP contribution < -0.4 is 0 Å². The van der Waals surface area contributed by atoms with E-state index < -0.39 is 0 Å². The smallest absolute Gasteiger partial charge is 0.161 e. The second-order valence-electron chi connectivity index (χ2n) is 3.67. The molecule has 0 aliphatic rings. The zero-order chi connectivity index (χ0) is 14.1. The number of aryl methyl sites for hydroxylation is 1. The van der Waals surface area contributed by atoms with Gasteiger partial charge >= 0.3 is 0 Å². The molecule has 102 valence electrons. The molecule has 18 heavy (non-hydrogen) atoms. The van der Waals surface area contributed by atoms with E-state index in [4.69, 9.17) is 12.2 Å². The Morgan fingerprint density at radius 2 is 2.06 bits per heavy atom. The molecule has 0 atom stereocenters. The lowest BCUT2D eigenvalue weighted by Crippen LogP contribution is -1.98. The first kappa shape index (κ1) is 17.3. The van der Waals surface area contributed by atoms with Gasteiger partial charge in [-0.1, -0.05) is 33.3 Å². The van der Waals surface area contributed by atoms with Crippen LogP contribution in [0.2, 0.25) is 0 Å². The lowest BCUT2D eigenvalue weighted by molar-refractivity contribution is 0.895. The molecule has 1 aromatic heterocycles. The molecule has 0 aliphatic heterocycles. The lowest BCUT2D eigenvalue weighted by atomic mass is 10.1. The van der Waals surface area contributed by atoms with Gasteiger partial charge in [-0.3, -0.25) is 4.99 Å². The molecule has 0 fully saturated rings. The van der Waals surface area contributed by atoms with Gasteiger partial charge in [0.2, 0.25) is 0 Å². The molecule has 0 N–H and O–H groups in total. The van der Waals surface area contributed by atoms with Gasteiger partial charge in [0.1, 0.15) is 0 Å². The van der Waals surface area contributed by atoms with Crippen LogP contribution in [0.5, 0.6) is 0 Å². The van der Waals surface area contributed by atoms with Crippen molar-refractivity contribution in [2.45, 2.75) is 40.5 Å². The molecule has 0 saturated carbocycles. The van der Waals surface area contributed by atoms with Gasteiger partial charge in [0, 0.05) is 30.8 Å².